The maximum absolute atomic E-state index is 14.8. The molecule has 3 aromatic carbocycles. The van der Waals surface area contributed by atoms with E-state index >= 15 is 0 Å². The SMILES string of the molecule is CC1O[C@@H](OC2C(n3cc(-c4ccccc4)nn3)CC(C(=O)NCCO[C@H]3OC(CO)[C@@H](O)C(n4cc(-c5cc(F)c(F)c(F)c5)nn4)C3O)C[C@H]2O[C@@H]2OC(CO)[C@H](O)C(O[C@@H](CC3CCCCC3)C(=O)O)C2OC(=O)c2ccccc2)C(O)C(O)[C@@H]1O. The number of amides is 1. The van der Waals surface area contributed by atoms with Gasteiger partial charge in [0, 0.05) is 23.6 Å². The summed E-state index contributed by atoms with van der Waals surface area (Å²) in [6, 6.07) is 15.3. The van der Waals surface area contributed by atoms with Gasteiger partial charge < -0.3 is 89.2 Å². The number of hydrogen-bond acceptors (Lipinski definition) is 23. The summed E-state index contributed by atoms with van der Waals surface area (Å²) in [6.07, 6.45) is -21.5. The Morgan fingerprint density at radius 3 is 1.99 bits per heavy atom. The third-order valence-corrected chi connectivity index (χ3v) is 17.0. The summed E-state index contributed by atoms with van der Waals surface area (Å²) in [6.45, 7) is -0.941. The summed E-state index contributed by atoms with van der Waals surface area (Å²) in [5, 5.41) is 119. The highest BCUT2D eigenvalue weighted by atomic mass is 19.2. The highest BCUT2D eigenvalue weighted by Crippen LogP contribution is 2.42. The Bertz CT molecular complexity index is 3130. The van der Waals surface area contributed by atoms with Gasteiger partial charge in [0.1, 0.15) is 78.5 Å². The average Bonchev–Trinajstić information content (AvgIpc) is 1.73. The number of aliphatic hydroxyl groups excluding tert-OH is 8. The number of nitrogens with one attached hydrogen (secondary N) is 1. The maximum atomic E-state index is 14.8. The molecule has 3 aliphatic heterocycles. The molecule has 5 heterocycles. The van der Waals surface area contributed by atoms with Gasteiger partial charge >= 0.3 is 11.9 Å². The van der Waals surface area contributed by atoms with Crippen molar-refractivity contribution >= 4 is 17.8 Å². The van der Waals surface area contributed by atoms with Crippen molar-refractivity contribution in [2.45, 2.75) is 175 Å². The number of aromatic nitrogens is 6. The molecule has 1 amide bonds. The van der Waals surface area contributed by atoms with Crippen molar-refractivity contribution in [1.29, 1.82) is 0 Å². The fraction of sp³-hybridized carbons (Fsp3) is 0.576. The summed E-state index contributed by atoms with van der Waals surface area (Å²) in [5.41, 5.74) is 0.636. The number of carbonyl (C=O) groups excluding carboxylic acids is 2. The minimum Gasteiger partial charge on any atom is -0.479 e. The molecule has 2 aromatic heterocycles. The van der Waals surface area contributed by atoms with Gasteiger partial charge in [-0.05, 0) is 56.4 Å². The average molecular weight is 1260 g/mol. The van der Waals surface area contributed by atoms with Crippen LogP contribution in [0.3, 0.4) is 0 Å². The first-order valence-corrected chi connectivity index (χ1v) is 29.5. The van der Waals surface area contributed by atoms with Crippen LogP contribution in [0.5, 0.6) is 0 Å². The highest BCUT2D eigenvalue weighted by Gasteiger charge is 2.55. The number of carbonyl (C=O) groups is 3. The topological polar surface area (TPSA) is 381 Å². The van der Waals surface area contributed by atoms with E-state index in [0.717, 1.165) is 43.0 Å². The molecule has 0 spiro atoms. The minimum atomic E-state index is -1.89. The molecule has 2 saturated carbocycles. The zero-order valence-corrected chi connectivity index (χ0v) is 48.0. The molecular formula is C59H72F3N7O20. The van der Waals surface area contributed by atoms with Gasteiger partial charge in [0.25, 0.3) is 0 Å². The van der Waals surface area contributed by atoms with Crippen LogP contribution in [0.1, 0.15) is 80.7 Å². The number of carboxylic acid groups (broad SMARTS) is 1. The molecule has 10 rings (SSSR count). The predicted octanol–water partition coefficient (Wildman–Crippen LogP) is 1.10. The molecule has 5 aromatic rings. The van der Waals surface area contributed by atoms with Crippen molar-refractivity contribution in [2.24, 2.45) is 11.8 Å². The van der Waals surface area contributed by atoms with Gasteiger partial charge in [-0.25, -0.2) is 32.1 Å². The molecule has 484 valence electrons. The largest absolute Gasteiger partial charge is 0.479 e. The molecule has 89 heavy (non-hydrogen) atoms. The Kier molecular flexibility index (Phi) is 21.5. The van der Waals surface area contributed by atoms with Crippen LogP contribution in [0.25, 0.3) is 22.5 Å². The van der Waals surface area contributed by atoms with Gasteiger partial charge in [0.15, 0.2) is 48.5 Å². The lowest BCUT2D eigenvalue weighted by Gasteiger charge is -2.48. The second kappa shape index (κ2) is 29.2. The fourth-order valence-corrected chi connectivity index (χ4v) is 12.2. The molecular weight excluding hydrogens is 1180 g/mol. The molecule has 20 atom stereocenters. The second-order valence-corrected chi connectivity index (χ2v) is 23.0. The van der Waals surface area contributed by atoms with Crippen LogP contribution in [0.15, 0.2) is 85.2 Å². The third kappa shape index (κ3) is 14.8. The number of benzene rings is 3. The number of rotatable bonds is 22. The number of carboxylic acids is 1. The maximum Gasteiger partial charge on any atom is 0.338 e. The number of nitrogens with zero attached hydrogens (tertiary/aromatic N) is 6. The Labute approximate surface area is 506 Å². The van der Waals surface area contributed by atoms with Gasteiger partial charge in [0.2, 0.25) is 5.91 Å². The Hall–Kier alpha value is -6.46. The summed E-state index contributed by atoms with van der Waals surface area (Å²) < 4.78 is 94.2. The van der Waals surface area contributed by atoms with Crippen molar-refractivity contribution in [3.8, 4) is 22.5 Å². The molecule has 3 saturated heterocycles. The lowest BCUT2D eigenvalue weighted by molar-refractivity contribution is -0.348. The van der Waals surface area contributed by atoms with E-state index in [1.165, 1.54) is 23.7 Å². The van der Waals surface area contributed by atoms with Crippen LogP contribution < -0.4 is 5.32 Å². The summed E-state index contributed by atoms with van der Waals surface area (Å²) >= 11 is 0. The molecule has 30 heteroatoms. The van der Waals surface area contributed by atoms with Gasteiger partial charge in [-0.3, -0.25) is 4.79 Å². The van der Waals surface area contributed by atoms with E-state index in [-0.39, 0.29) is 48.5 Å². The number of aliphatic carboxylic acids is 1. The molecule has 27 nitrogen and oxygen atoms in total. The van der Waals surface area contributed by atoms with Gasteiger partial charge in [0.05, 0.1) is 56.0 Å². The molecule has 5 aliphatic rings. The van der Waals surface area contributed by atoms with Gasteiger partial charge in [-0.2, -0.15) is 0 Å². The fourth-order valence-electron chi connectivity index (χ4n) is 12.2. The first-order valence-electron chi connectivity index (χ1n) is 29.5. The molecule has 2 aliphatic carbocycles. The Morgan fingerprint density at radius 2 is 1.31 bits per heavy atom. The lowest BCUT2D eigenvalue weighted by Crippen LogP contribution is -2.64. The van der Waals surface area contributed by atoms with E-state index in [1.807, 2.05) is 0 Å². The van der Waals surface area contributed by atoms with E-state index in [2.05, 4.69) is 25.9 Å². The van der Waals surface area contributed by atoms with Crippen LogP contribution >= 0.6 is 0 Å². The van der Waals surface area contributed by atoms with E-state index in [1.54, 1.807) is 54.7 Å². The van der Waals surface area contributed by atoms with Crippen molar-refractivity contribution < 1.29 is 111 Å². The zero-order valence-electron chi connectivity index (χ0n) is 48.0. The summed E-state index contributed by atoms with van der Waals surface area (Å²) in [5.74, 6) is -8.91. The Balaban J connectivity index is 0.952. The Morgan fingerprint density at radius 1 is 0.685 bits per heavy atom. The minimum absolute atomic E-state index is 0.0271. The molecule has 0 radical (unpaired) electrons. The number of aliphatic hydroxyl groups is 8. The van der Waals surface area contributed by atoms with Crippen LogP contribution in [-0.2, 0) is 47.5 Å². The zero-order chi connectivity index (χ0) is 63.2. The van der Waals surface area contributed by atoms with Crippen LogP contribution in [0, 0.1) is 29.3 Å². The molecule has 12 unspecified atom stereocenters. The number of ether oxygens (including phenoxy) is 8. The number of esters is 1. The van der Waals surface area contributed by atoms with Gasteiger partial charge in [-0.15, -0.1) is 10.2 Å². The number of halogens is 3. The normalized spacial score (nSPS) is 33.1. The summed E-state index contributed by atoms with van der Waals surface area (Å²) in [4.78, 5) is 42.0. The first kappa shape index (κ1) is 65.5. The lowest BCUT2D eigenvalue weighted by atomic mass is 9.80. The van der Waals surface area contributed by atoms with E-state index < -0.39 is 177 Å². The van der Waals surface area contributed by atoms with E-state index in [4.69, 9.17) is 37.9 Å². The molecule has 0 bridgehead atoms. The van der Waals surface area contributed by atoms with Crippen LogP contribution in [0.4, 0.5) is 13.2 Å². The van der Waals surface area contributed by atoms with E-state index in [0.29, 0.717) is 23.4 Å². The number of hydrogen-bond donors (Lipinski definition) is 10. The second-order valence-electron chi connectivity index (χ2n) is 23.0. The molecule has 10 N–H and O–H groups in total. The predicted molar refractivity (Wildman–Crippen MR) is 295 cm³/mol. The first-order chi connectivity index (χ1) is 42.8. The third-order valence-electron chi connectivity index (χ3n) is 17.0. The van der Waals surface area contributed by atoms with E-state index in [9.17, 15) is 73.5 Å². The van der Waals surface area contributed by atoms with Crippen molar-refractivity contribution in [3.05, 3.63) is 108 Å². The standard InChI is InChI=1S/C59H72F3N7O20/c1-28-45(72)49(76)50(77)58(83-28)89-51-38(68-24-36(64-66-68)30-13-7-3-8-14-30)22-33(54(78)63-17-18-82-57-48(75)44(46(73)41(26-70)86-57)69-25-37(65-67-69)32-20-34(60)43(62)35(61)21-32)23-39(51)85-59-53(88-56(81)31-15-9-4-10-16-31)52(47(74)42(27-71)87-59)84-40(55(79)80)19-29-11-5-2-6-12-29/h3-4,7-10,13-16,20-21,24-25,28-29,33,38-42,44-53,57-59,70-77H,2,5-6,11-12,17-19,22-23,26-27H2,1H3,(H,63,78)(H,79,80)/t28?,33?,38?,39-,40+,41?,42?,44?,45-,46-,47+,48?,49?,50?,51?,52?,53?,57+,58+,59-/m1/s1. The summed E-state index contributed by atoms with van der Waals surface area (Å²) in [7, 11) is 0. The van der Waals surface area contributed by atoms with Crippen molar-refractivity contribution in [3.63, 3.8) is 0 Å². The monoisotopic (exact) mass is 1260 g/mol. The van der Waals surface area contributed by atoms with Crippen molar-refractivity contribution in [1.82, 2.24) is 35.3 Å². The quantitative estimate of drug-likeness (QED) is 0.0263. The van der Waals surface area contributed by atoms with Crippen LogP contribution in [0.2, 0.25) is 0 Å². The highest BCUT2D eigenvalue weighted by molar-refractivity contribution is 5.89. The smallest absolute Gasteiger partial charge is 0.338 e. The van der Waals surface area contributed by atoms with Gasteiger partial charge in [-0.1, -0.05) is 91.1 Å². The van der Waals surface area contributed by atoms with Crippen LogP contribution in [-0.4, -0.2) is 224 Å². The van der Waals surface area contributed by atoms with Crippen molar-refractivity contribution in [2.75, 3.05) is 26.4 Å². The molecule has 5 fully saturated rings.